The van der Waals surface area contributed by atoms with Crippen LogP contribution in [0.3, 0.4) is 0 Å². The second kappa shape index (κ2) is 8.01. The van der Waals surface area contributed by atoms with E-state index in [0.717, 1.165) is 17.8 Å². The predicted molar refractivity (Wildman–Crippen MR) is 104 cm³/mol. The number of hydrogen-bond acceptors (Lipinski definition) is 7. The van der Waals surface area contributed by atoms with Crippen molar-refractivity contribution in [1.29, 1.82) is 0 Å². The van der Waals surface area contributed by atoms with Gasteiger partial charge in [-0.3, -0.25) is 10.1 Å². The number of carbonyl (C=O) groups is 1. The Balaban J connectivity index is 1.52. The van der Waals surface area contributed by atoms with Crippen LogP contribution in [-0.2, 0) is 14.8 Å². The number of aromatic nitrogens is 2. The van der Waals surface area contributed by atoms with Crippen LogP contribution in [0.4, 0.5) is 10.4 Å². The Morgan fingerprint density at radius 2 is 2.00 bits per heavy atom. The van der Waals surface area contributed by atoms with Gasteiger partial charge in [-0.25, -0.2) is 12.8 Å². The Labute approximate surface area is 170 Å². The fourth-order valence-electron chi connectivity index (χ4n) is 3.15. The summed E-state index contributed by atoms with van der Waals surface area (Å²) in [7, 11) is -3.76. The quantitative estimate of drug-likeness (QED) is 0.659. The first-order valence-electron chi connectivity index (χ1n) is 8.91. The van der Waals surface area contributed by atoms with Gasteiger partial charge >= 0.3 is 6.01 Å². The largest absolute Gasteiger partial charge is 0.403 e. The van der Waals surface area contributed by atoms with Gasteiger partial charge in [-0.2, -0.15) is 4.31 Å². The lowest BCUT2D eigenvalue weighted by Gasteiger charge is -2.32. The Morgan fingerprint density at radius 1 is 1.21 bits per heavy atom. The molecule has 1 aromatic carbocycles. The average molecular weight is 436 g/mol. The summed E-state index contributed by atoms with van der Waals surface area (Å²) >= 11 is 1.11. The fourth-order valence-corrected chi connectivity index (χ4v) is 5.93. The van der Waals surface area contributed by atoms with Crippen LogP contribution >= 0.6 is 11.3 Å². The number of sulfonamides is 1. The van der Waals surface area contributed by atoms with Crippen molar-refractivity contribution in [2.24, 2.45) is 0 Å². The Bertz CT molecular complexity index is 1100. The van der Waals surface area contributed by atoms with Crippen LogP contribution in [0.5, 0.6) is 0 Å². The lowest BCUT2D eigenvalue weighted by molar-refractivity contribution is -0.120. The first-order valence-corrected chi connectivity index (χ1v) is 11.2. The minimum atomic E-state index is -3.76. The standard InChI is InChI=1S/C18H17FN4O4S2/c19-13-8-6-12(7-9-13)17-21-22-18(27-17)20-16(24)14-4-1-2-10-23(14)29(25,26)15-5-3-11-28-15/h3,5-9,11,14H,1-2,4,10H2,(H,20,22,24). The fraction of sp³-hybridized carbons (Fsp3) is 0.278. The molecule has 1 saturated heterocycles. The van der Waals surface area contributed by atoms with Crippen molar-refractivity contribution in [3.8, 4) is 11.5 Å². The maximum absolute atomic E-state index is 13.0. The molecule has 0 saturated carbocycles. The molecule has 4 rings (SSSR count). The van der Waals surface area contributed by atoms with E-state index in [1.165, 1.54) is 34.6 Å². The Hall–Kier alpha value is -2.63. The third-order valence-corrected chi connectivity index (χ3v) is 7.84. The van der Waals surface area contributed by atoms with Crippen LogP contribution in [0.25, 0.3) is 11.5 Å². The summed E-state index contributed by atoms with van der Waals surface area (Å²) in [5.41, 5.74) is 0.499. The molecular weight excluding hydrogens is 419 g/mol. The molecule has 152 valence electrons. The van der Waals surface area contributed by atoms with Crippen molar-refractivity contribution in [3.05, 3.63) is 47.6 Å². The maximum atomic E-state index is 13.0. The molecular formula is C18H17FN4O4S2. The third kappa shape index (κ3) is 4.07. The molecule has 0 radical (unpaired) electrons. The highest BCUT2D eigenvalue weighted by atomic mass is 32.2. The smallest absolute Gasteiger partial charge is 0.322 e. The molecule has 1 amide bonds. The number of anilines is 1. The molecule has 1 unspecified atom stereocenters. The second-order valence-electron chi connectivity index (χ2n) is 6.47. The van der Waals surface area contributed by atoms with E-state index in [1.54, 1.807) is 11.4 Å². The second-order valence-corrected chi connectivity index (χ2v) is 9.53. The zero-order valence-electron chi connectivity index (χ0n) is 15.1. The highest BCUT2D eigenvalue weighted by Gasteiger charge is 2.38. The molecule has 29 heavy (non-hydrogen) atoms. The monoisotopic (exact) mass is 436 g/mol. The van der Waals surface area contributed by atoms with Crippen LogP contribution in [-0.4, -0.2) is 41.4 Å². The minimum absolute atomic E-state index is 0.118. The number of hydrogen-bond donors (Lipinski definition) is 1. The zero-order valence-corrected chi connectivity index (χ0v) is 16.7. The van der Waals surface area contributed by atoms with Crippen molar-refractivity contribution >= 4 is 33.3 Å². The molecule has 0 spiro atoms. The molecule has 0 aliphatic carbocycles. The SMILES string of the molecule is O=C(Nc1nnc(-c2ccc(F)cc2)o1)C1CCCCN1S(=O)(=O)c1cccs1. The summed E-state index contributed by atoms with van der Waals surface area (Å²) < 4.78 is 45.7. The normalized spacial score (nSPS) is 17.9. The summed E-state index contributed by atoms with van der Waals surface area (Å²) in [5.74, 6) is -0.808. The van der Waals surface area contributed by atoms with Crippen molar-refractivity contribution in [2.45, 2.75) is 29.5 Å². The minimum Gasteiger partial charge on any atom is -0.403 e. The van der Waals surface area contributed by atoms with E-state index in [4.69, 9.17) is 4.42 Å². The zero-order chi connectivity index (χ0) is 20.4. The van der Waals surface area contributed by atoms with Gasteiger partial charge in [-0.05, 0) is 48.6 Å². The van der Waals surface area contributed by atoms with Crippen molar-refractivity contribution < 1.29 is 22.0 Å². The number of amides is 1. The summed E-state index contributed by atoms with van der Waals surface area (Å²) in [4.78, 5) is 12.8. The van der Waals surface area contributed by atoms with E-state index in [2.05, 4.69) is 15.5 Å². The first-order chi connectivity index (χ1) is 13.9. The van der Waals surface area contributed by atoms with Crippen LogP contribution in [0.1, 0.15) is 19.3 Å². The number of nitrogens with one attached hydrogen (secondary N) is 1. The average Bonchev–Trinajstić information content (AvgIpc) is 3.41. The van der Waals surface area contributed by atoms with Gasteiger partial charge in [0.05, 0.1) is 0 Å². The maximum Gasteiger partial charge on any atom is 0.322 e. The van der Waals surface area contributed by atoms with E-state index in [0.29, 0.717) is 18.4 Å². The Morgan fingerprint density at radius 3 is 2.72 bits per heavy atom. The van der Waals surface area contributed by atoms with Crippen molar-refractivity contribution in [2.75, 3.05) is 11.9 Å². The molecule has 3 aromatic rings. The molecule has 1 aliphatic heterocycles. The van der Waals surface area contributed by atoms with Gasteiger partial charge < -0.3 is 4.42 Å². The highest BCUT2D eigenvalue weighted by molar-refractivity contribution is 7.91. The number of carbonyl (C=O) groups excluding carboxylic acids is 1. The van der Waals surface area contributed by atoms with Crippen LogP contribution in [0, 0.1) is 5.82 Å². The topological polar surface area (TPSA) is 105 Å². The lowest BCUT2D eigenvalue weighted by Crippen LogP contribution is -2.49. The molecule has 1 aliphatic rings. The number of piperidine rings is 1. The van der Waals surface area contributed by atoms with Gasteiger partial charge in [-0.1, -0.05) is 17.6 Å². The van der Waals surface area contributed by atoms with Gasteiger partial charge in [0, 0.05) is 12.1 Å². The van der Waals surface area contributed by atoms with E-state index in [1.807, 2.05) is 0 Å². The van der Waals surface area contributed by atoms with E-state index >= 15 is 0 Å². The van der Waals surface area contributed by atoms with Gasteiger partial charge in [0.1, 0.15) is 16.1 Å². The first kappa shape index (κ1) is 19.7. The van der Waals surface area contributed by atoms with Crippen LogP contribution < -0.4 is 5.32 Å². The van der Waals surface area contributed by atoms with Gasteiger partial charge in [-0.15, -0.1) is 16.4 Å². The van der Waals surface area contributed by atoms with Crippen LogP contribution in [0.2, 0.25) is 0 Å². The van der Waals surface area contributed by atoms with Crippen molar-refractivity contribution in [1.82, 2.24) is 14.5 Å². The molecule has 8 nitrogen and oxygen atoms in total. The Kier molecular flexibility index (Phi) is 5.43. The number of nitrogens with zero attached hydrogens (tertiary/aromatic N) is 3. The molecule has 2 aromatic heterocycles. The molecule has 1 N–H and O–H groups in total. The summed E-state index contributed by atoms with van der Waals surface area (Å²) in [5, 5.41) is 11.8. The van der Waals surface area contributed by atoms with Gasteiger partial charge in [0.15, 0.2) is 0 Å². The molecule has 11 heteroatoms. The van der Waals surface area contributed by atoms with E-state index in [-0.39, 0.29) is 22.7 Å². The summed E-state index contributed by atoms with van der Waals surface area (Å²) in [6.07, 6.45) is 1.82. The number of benzene rings is 1. The third-order valence-electron chi connectivity index (χ3n) is 4.56. The molecule has 1 fully saturated rings. The van der Waals surface area contributed by atoms with Gasteiger partial charge in [0.25, 0.3) is 10.0 Å². The van der Waals surface area contributed by atoms with E-state index in [9.17, 15) is 17.6 Å². The number of rotatable bonds is 5. The predicted octanol–water partition coefficient (Wildman–Crippen LogP) is 3.12. The summed E-state index contributed by atoms with van der Waals surface area (Å²) in [6, 6.07) is 7.64. The number of halogens is 1. The van der Waals surface area contributed by atoms with Gasteiger partial charge in [0.2, 0.25) is 11.8 Å². The molecule has 0 bridgehead atoms. The van der Waals surface area contributed by atoms with E-state index < -0.39 is 27.8 Å². The molecule has 3 heterocycles. The van der Waals surface area contributed by atoms with Crippen molar-refractivity contribution in [3.63, 3.8) is 0 Å². The molecule has 1 atom stereocenters. The highest BCUT2D eigenvalue weighted by Crippen LogP contribution is 2.29. The van der Waals surface area contributed by atoms with Crippen LogP contribution in [0.15, 0.2) is 50.4 Å². The number of thiophene rings is 1. The summed E-state index contributed by atoms with van der Waals surface area (Å²) in [6.45, 7) is 0.267. The lowest BCUT2D eigenvalue weighted by atomic mass is 10.0.